The van der Waals surface area contributed by atoms with Crippen LogP contribution in [0.4, 0.5) is 0 Å². The lowest BCUT2D eigenvalue weighted by atomic mass is 9.69. The maximum atomic E-state index is 11.1. The van der Waals surface area contributed by atoms with Crippen LogP contribution in [-0.2, 0) is 14.9 Å². The second kappa shape index (κ2) is 13.4. The molecule has 3 N–H and O–H groups in total. The van der Waals surface area contributed by atoms with Crippen molar-refractivity contribution in [1.29, 1.82) is 0 Å². The highest BCUT2D eigenvalue weighted by atomic mass is 16.5. The molecule has 5 heteroatoms. The van der Waals surface area contributed by atoms with Gasteiger partial charge in [0.05, 0.1) is 25.4 Å². The highest BCUT2D eigenvalue weighted by Gasteiger charge is 2.58. The van der Waals surface area contributed by atoms with Gasteiger partial charge in [-0.3, -0.25) is 4.79 Å². The smallest absolute Gasteiger partial charge is 0.303 e. The van der Waals surface area contributed by atoms with E-state index in [9.17, 15) is 15.0 Å². The average Bonchev–Trinajstić information content (AvgIpc) is 3.57. The summed E-state index contributed by atoms with van der Waals surface area (Å²) in [6, 6.07) is 28.9. The van der Waals surface area contributed by atoms with Gasteiger partial charge < -0.3 is 20.1 Å². The van der Waals surface area contributed by atoms with Crippen LogP contribution in [0.1, 0.15) is 49.1 Å². The Balaban J connectivity index is 1.38. The number of hydrogen-bond donors (Lipinski definition) is 3. The summed E-state index contributed by atoms with van der Waals surface area (Å²) in [6.45, 7) is 0.524. The Bertz CT molecular complexity index is 1320. The molecule has 3 aromatic rings. The van der Waals surface area contributed by atoms with Crippen molar-refractivity contribution in [3.8, 4) is 11.1 Å². The molecule has 0 spiro atoms. The van der Waals surface area contributed by atoms with Gasteiger partial charge in [-0.25, -0.2) is 0 Å². The van der Waals surface area contributed by atoms with Crippen LogP contribution in [0.15, 0.2) is 109 Å². The minimum absolute atomic E-state index is 0.0574. The van der Waals surface area contributed by atoms with Crippen LogP contribution in [0.5, 0.6) is 0 Å². The van der Waals surface area contributed by atoms with Crippen LogP contribution in [0.25, 0.3) is 11.1 Å². The summed E-state index contributed by atoms with van der Waals surface area (Å²) in [7, 11) is 0. The number of benzene rings is 3. The van der Waals surface area contributed by atoms with E-state index in [4.69, 9.17) is 9.84 Å². The Morgan fingerprint density at radius 3 is 2.32 bits per heavy atom. The normalized spacial score (nSPS) is 25.2. The number of aliphatic hydroxyl groups is 2. The minimum atomic E-state index is -0.810. The zero-order chi connectivity index (χ0) is 28.7. The number of carbonyl (C=O) groups is 1. The Hall–Kier alpha value is -3.51. The number of rotatable bonds is 13. The first-order valence-electron chi connectivity index (χ1n) is 14.7. The molecule has 1 saturated carbocycles. The van der Waals surface area contributed by atoms with Gasteiger partial charge in [0.2, 0.25) is 0 Å². The third-order valence-electron chi connectivity index (χ3n) is 8.98. The average molecular weight is 553 g/mol. The summed E-state index contributed by atoms with van der Waals surface area (Å²) >= 11 is 0. The monoisotopic (exact) mass is 552 g/mol. The van der Waals surface area contributed by atoms with Crippen LogP contribution in [0.3, 0.4) is 0 Å². The van der Waals surface area contributed by atoms with Crippen LogP contribution in [0, 0.1) is 11.8 Å². The number of unbranched alkanes of at least 4 members (excludes halogenated alkanes) is 1. The van der Waals surface area contributed by atoms with E-state index in [1.807, 2.05) is 42.5 Å². The Labute approximate surface area is 242 Å². The van der Waals surface area contributed by atoms with Crippen molar-refractivity contribution in [2.24, 2.45) is 11.8 Å². The molecular formula is C36H40O5. The lowest BCUT2D eigenvalue weighted by molar-refractivity contribution is -0.137. The number of aliphatic carboxylic acids is 1. The molecule has 3 aromatic carbocycles. The molecule has 1 aliphatic carbocycles. The highest BCUT2D eigenvalue weighted by molar-refractivity contribution is 5.66. The van der Waals surface area contributed by atoms with Crippen molar-refractivity contribution in [2.45, 2.75) is 55.6 Å². The SMILES string of the molecule is O=C(O)CCCC=CC[C@H]1[C@H](C=C[C@@H](O)C(CO)c2ccccc2)[C@@H]2C[C@@]1(c1ccc(-c3ccccc3)cc1)CO2. The Morgan fingerprint density at radius 2 is 1.63 bits per heavy atom. The molecule has 1 saturated heterocycles. The number of ether oxygens (including phenoxy) is 1. The fraction of sp³-hybridized carbons (Fsp3) is 0.361. The number of aliphatic hydroxyl groups excluding tert-OH is 2. The highest BCUT2D eigenvalue weighted by Crippen LogP contribution is 2.57. The van der Waals surface area contributed by atoms with Gasteiger partial charge in [0, 0.05) is 23.7 Å². The molecule has 2 aliphatic rings. The van der Waals surface area contributed by atoms with Gasteiger partial charge in [-0.2, -0.15) is 0 Å². The molecule has 5 rings (SSSR count). The van der Waals surface area contributed by atoms with Crippen LogP contribution < -0.4 is 0 Å². The molecule has 1 unspecified atom stereocenters. The van der Waals surface area contributed by atoms with Gasteiger partial charge in [-0.05, 0) is 53.9 Å². The molecular weight excluding hydrogens is 512 g/mol. The molecule has 214 valence electrons. The van der Waals surface area contributed by atoms with Gasteiger partial charge in [-0.15, -0.1) is 0 Å². The van der Waals surface area contributed by atoms with Gasteiger partial charge in [-0.1, -0.05) is 109 Å². The second-order valence-electron chi connectivity index (χ2n) is 11.4. The summed E-state index contributed by atoms with van der Waals surface area (Å²) in [6.07, 6.45) is 10.8. The standard InChI is InChI=1S/C36H40O5/c37-24-31(28-13-7-4-8-14-28)33(38)22-21-30-32(15-9-1-2-10-16-35(39)40)36(23-34(30)41-25-36)29-19-17-27(18-20-29)26-11-5-3-6-12-26/h1,3-9,11-14,17-22,30-34,37-38H,2,10,15-16,23-25H2,(H,39,40)/t30-,31?,32-,33+,34-,36-/m0/s1. The largest absolute Gasteiger partial charge is 0.481 e. The Morgan fingerprint density at radius 1 is 0.951 bits per heavy atom. The zero-order valence-corrected chi connectivity index (χ0v) is 23.4. The maximum Gasteiger partial charge on any atom is 0.303 e. The third-order valence-corrected chi connectivity index (χ3v) is 8.98. The van der Waals surface area contributed by atoms with Gasteiger partial charge >= 0.3 is 5.97 Å². The Kier molecular flexibility index (Phi) is 9.50. The predicted molar refractivity (Wildman–Crippen MR) is 162 cm³/mol. The van der Waals surface area contributed by atoms with Crippen molar-refractivity contribution < 1.29 is 24.9 Å². The topological polar surface area (TPSA) is 87.0 Å². The first-order valence-corrected chi connectivity index (χ1v) is 14.7. The van der Waals surface area contributed by atoms with Crippen LogP contribution in [0.2, 0.25) is 0 Å². The zero-order valence-electron chi connectivity index (χ0n) is 23.4. The quantitative estimate of drug-likeness (QED) is 0.166. The van der Waals surface area contributed by atoms with Gasteiger partial charge in [0.1, 0.15) is 0 Å². The fourth-order valence-corrected chi connectivity index (χ4v) is 6.77. The van der Waals surface area contributed by atoms with E-state index in [2.05, 4.69) is 66.8 Å². The minimum Gasteiger partial charge on any atom is -0.481 e. The number of allylic oxidation sites excluding steroid dienone is 2. The summed E-state index contributed by atoms with van der Waals surface area (Å²) in [5.41, 5.74) is 4.42. The molecule has 1 heterocycles. The van der Waals surface area contributed by atoms with Crippen molar-refractivity contribution in [3.63, 3.8) is 0 Å². The molecule has 0 amide bonds. The number of hydrogen-bond acceptors (Lipinski definition) is 4. The summed E-state index contributed by atoms with van der Waals surface area (Å²) < 4.78 is 6.37. The summed E-state index contributed by atoms with van der Waals surface area (Å²) in [4.78, 5) is 10.9. The maximum absolute atomic E-state index is 11.1. The van der Waals surface area contributed by atoms with E-state index >= 15 is 0 Å². The number of fused-ring (bicyclic) bond motifs is 2. The van der Waals surface area contributed by atoms with Gasteiger partial charge in [0.25, 0.3) is 0 Å². The van der Waals surface area contributed by atoms with Crippen molar-refractivity contribution in [1.82, 2.24) is 0 Å². The van der Waals surface area contributed by atoms with E-state index in [1.165, 1.54) is 16.7 Å². The first kappa shape index (κ1) is 29.0. The number of carboxylic acid groups (broad SMARTS) is 1. The third kappa shape index (κ3) is 6.54. The van der Waals surface area contributed by atoms with Crippen molar-refractivity contribution in [2.75, 3.05) is 13.2 Å². The lowest BCUT2D eigenvalue weighted by Gasteiger charge is -2.38. The molecule has 6 atom stereocenters. The molecule has 0 aromatic heterocycles. The molecule has 41 heavy (non-hydrogen) atoms. The summed E-state index contributed by atoms with van der Waals surface area (Å²) in [5, 5.41) is 30.1. The molecule has 5 nitrogen and oxygen atoms in total. The van der Waals surface area contributed by atoms with E-state index in [1.54, 1.807) is 0 Å². The molecule has 2 bridgehead atoms. The van der Waals surface area contributed by atoms with E-state index in [0.717, 1.165) is 24.8 Å². The fourth-order valence-electron chi connectivity index (χ4n) is 6.77. The van der Waals surface area contributed by atoms with Crippen LogP contribution >= 0.6 is 0 Å². The lowest BCUT2D eigenvalue weighted by Crippen LogP contribution is -2.39. The second-order valence-corrected chi connectivity index (χ2v) is 11.4. The van der Waals surface area contributed by atoms with Crippen LogP contribution in [-0.4, -0.2) is 46.7 Å². The predicted octanol–water partition coefficient (Wildman–Crippen LogP) is 6.52. The number of carboxylic acids is 1. The van der Waals surface area contributed by atoms with Gasteiger partial charge in [0.15, 0.2) is 0 Å². The molecule has 2 fully saturated rings. The summed E-state index contributed by atoms with van der Waals surface area (Å²) in [5.74, 6) is -0.765. The first-order chi connectivity index (χ1) is 20.0. The van der Waals surface area contributed by atoms with E-state index in [0.29, 0.717) is 13.0 Å². The van der Waals surface area contributed by atoms with E-state index in [-0.39, 0.29) is 42.3 Å². The van der Waals surface area contributed by atoms with Crippen molar-refractivity contribution in [3.05, 3.63) is 120 Å². The molecule has 0 radical (unpaired) electrons. The van der Waals surface area contributed by atoms with Crippen molar-refractivity contribution >= 4 is 5.97 Å². The molecule has 1 aliphatic heterocycles. The van der Waals surface area contributed by atoms with E-state index < -0.39 is 12.1 Å².